The molecule has 0 N–H and O–H groups in total. The lowest BCUT2D eigenvalue weighted by Crippen LogP contribution is -2.33. The molecular formula is C16H21F2N5O4S. The van der Waals surface area contributed by atoms with Crippen LogP contribution < -0.4 is 0 Å². The fourth-order valence-electron chi connectivity index (χ4n) is 2.80. The fraction of sp³-hybridized carbons (Fsp3) is 0.562. The highest BCUT2D eigenvalue weighted by atomic mass is 32.2. The summed E-state index contributed by atoms with van der Waals surface area (Å²) in [5.41, 5.74) is 0.474. The van der Waals surface area contributed by atoms with Gasteiger partial charge in [0.15, 0.2) is 0 Å². The molecule has 28 heavy (non-hydrogen) atoms. The fourth-order valence-corrected chi connectivity index (χ4v) is 4.14. The highest BCUT2D eigenvalue weighted by Crippen LogP contribution is 2.26. The molecule has 0 spiro atoms. The van der Waals surface area contributed by atoms with Crippen molar-refractivity contribution in [3.63, 3.8) is 0 Å². The first-order valence-electron chi connectivity index (χ1n) is 8.50. The second kappa shape index (κ2) is 6.83. The summed E-state index contributed by atoms with van der Waals surface area (Å²) in [5, 5.41) is 7.80. The molecular weight excluding hydrogens is 396 g/mol. The van der Waals surface area contributed by atoms with Gasteiger partial charge in [-0.3, -0.25) is 9.58 Å². The third-order valence-corrected chi connectivity index (χ3v) is 5.74. The third-order valence-electron chi connectivity index (χ3n) is 4.10. The minimum Gasteiger partial charge on any atom is -0.444 e. The van der Waals surface area contributed by atoms with Crippen LogP contribution in [0.25, 0.3) is 0 Å². The SMILES string of the molecule is Cc1c(S(=O)(=O)n2cc3c(n2)CN(C(=O)OC(C)(C)C)C3)cnn1CC(F)F. The van der Waals surface area contributed by atoms with E-state index in [2.05, 4.69) is 10.2 Å². The number of nitrogens with zero attached hydrogens (tertiary/aromatic N) is 5. The summed E-state index contributed by atoms with van der Waals surface area (Å²) in [4.78, 5) is 13.4. The number of ether oxygens (including phenoxy) is 1. The van der Waals surface area contributed by atoms with E-state index in [1.807, 2.05) is 0 Å². The Hall–Kier alpha value is -2.50. The molecule has 0 aliphatic carbocycles. The van der Waals surface area contributed by atoms with E-state index in [1.165, 1.54) is 18.0 Å². The van der Waals surface area contributed by atoms with Crippen molar-refractivity contribution in [1.82, 2.24) is 23.9 Å². The number of carbonyl (C=O) groups excluding carboxylic acids is 1. The molecule has 1 amide bonds. The van der Waals surface area contributed by atoms with E-state index in [-0.39, 0.29) is 23.7 Å². The zero-order chi connectivity index (χ0) is 20.9. The largest absolute Gasteiger partial charge is 0.444 e. The van der Waals surface area contributed by atoms with Gasteiger partial charge in [0, 0.05) is 11.8 Å². The van der Waals surface area contributed by atoms with Gasteiger partial charge in [0.25, 0.3) is 16.4 Å². The Labute approximate surface area is 160 Å². The smallest absolute Gasteiger partial charge is 0.410 e. The minimum absolute atomic E-state index is 0.103. The van der Waals surface area contributed by atoms with E-state index in [0.29, 0.717) is 11.3 Å². The van der Waals surface area contributed by atoms with Gasteiger partial charge in [0.1, 0.15) is 17.0 Å². The molecule has 1 aliphatic rings. The number of amides is 1. The van der Waals surface area contributed by atoms with Crippen LogP contribution in [0.5, 0.6) is 0 Å². The van der Waals surface area contributed by atoms with Gasteiger partial charge in [-0.2, -0.15) is 22.7 Å². The lowest BCUT2D eigenvalue weighted by molar-refractivity contribution is 0.0239. The van der Waals surface area contributed by atoms with Crippen molar-refractivity contribution in [3.05, 3.63) is 29.3 Å². The van der Waals surface area contributed by atoms with Crippen LogP contribution in [-0.4, -0.2) is 50.4 Å². The molecule has 0 fully saturated rings. The molecule has 0 saturated carbocycles. The van der Waals surface area contributed by atoms with Crippen LogP contribution in [0.4, 0.5) is 13.6 Å². The Bertz CT molecular complexity index is 983. The molecule has 3 rings (SSSR count). The summed E-state index contributed by atoms with van der Waals surface area (Å²) in [5.74, 6) is 0. The van der Waals surface area contributed by atoms with Gasteiger partial charge in [-0.15, -0.1) is 0 Å². The highest BCUT2D eigenvalue weighted by molar-refractivity contribution is 7.89. The number of hydrogen-bond acceptors (Lipinski definition) is 6. The molecule has 9 nitrogen and oxygen atoms in total. The summed E-state index contributed by atoms with van der Waals surface area (Å²) >= 11 is 0. The van der Waals surface area contributed by atoms with Crippen molar-refractivity contribution in [3.8, 4) is 0 Å². The number of halogens is 2. The molecule has 0 unspecified atom stereocenters. The standard InChI is InChI=1S/C16H21F2N5O4S/c1-10-13(5-19-22(10)9-14(17)18)28(25,26)23-7-11-6-21(8-12(11)20-23)15(24)27-16(2,3)4/h5,7,14H,6,8-9H2,1-4H3. The van der Waals surface area contributed by atoms with Crippen molar-refractivity contribution in [1.29, 1.82) is 0 Å². The summed E-state index contributed by atoms with van der Waals surface area (Å²) in [6.07, 6.45) is -0.809. The Morgan fingerprint density at radius 2 is 2.00 bits per heavy atom. The first-order valence-corrected chi connectivity index (χ1v) is 9.94. The number of rotatable bonds is 4. The van der Waals surface area contributed by atoms with Crippen LogP contribution in [-0.2, 0) is 34.4 Å². The second-order valence-corrected chi connectivity index (χ2v) is 9.25. The zero-order valence-electron chi connectivity index (χ0n) is 15.9. The maximum atomic E-state index is 12.8. The molecule has 0 aromatic carbocycles. The molecule has 0 radical (unpaired) electrons. The highest BCUT2D eigenvalue weighted by Gasteiger charge is 2.33. The van der Waals surface area contributed by atoms with Crippen molar-refractivity contribution >= 4 is 16.1 Å². The van der Waals surface area contributed by atoms with E-state index in [1.54, 1.807) is 20.8 Å². The summed E-state index contributed by atoms with van der Waals surface area (Å²) in [6.45, 7) is 6.27. The van der Waals surface area contributed by atoms with E-state index >= 15 is 0 Å². The number of fused-ring (bicyclic) bond motifs is 1. The number of alkyl halides is 2. The average molecular weight is 417 g/mol. The van der Waals surface area contributed by atoms with Gasteiger partial charge in [0.2, 0.25) is 0 Å². The molecule has 0 atom stereocenters. The van der Waals surface area contributed by atoms with Crippen LogP contribution in [0.1, 0.15) is 37.7 Å². The van der Waals surface area contributed by atoms with Crippen LogP contribution in [0.15, 0.2) is 17.3 Å². The minimum atomic E-state index is -4.09. The molecule has 12 heteroatoms. The summed E-state index contributed by atoms with van der Waals surface area (Å²) in [6, 6.07) is 0. The average Bonchev–Trinajstić information content (AvgIpc) is 3.19. The van der Waals surface area contributed by atoms with E-state index in [0.717, 1.165) is 15.0 Å². The van der Waals surface area contributed by atoms with Crippen molar-refractivity contribution in [2.75, 3.05) is 0 Å². The lowest BCUT2D eigenvalue weighted by atomic mass is 10.2. The van der Waals surface area contributed by atoms with Gasteiger partial charge in [-0.05, 0) is 27.7 Å². The van der Waals surface area contributed by atoms with Crippen molar-refractivity contribution in [2.24, 2.45) is 0 Å². The van der Waals surface area contributed by atoms with Gasteiger partial charge in [-0.25, -0.2) is 13.6 Å². The van der Waals surface area contributed by atoms with E-state index in [4.69, 9.17) is 4.74 Å². The van der Waals surface area contributed by atoms with Crippen LogP contribution in [0.2, 0.25) is 0 Å². The predicted octanol–water partition coefficient (Wildman–Crippen LogP) is 2.14. The molecule has 0 bridgehead atoms. The monoisotopic (exact) mass is 417 g/mol. The maximum Gasteiger partial charge on any atom is 0.410 e. The van der Waals surface area contributed by atoms with Crippen molar-refractivity contribution in [2.45, 2.75) is 64.3 Å². The third kappa shape index (κ3) is 3.86. The van der Waals surface area contributed by atoms with E-state index in [9.17, 15) is 22.0 Å². The van der Waals surface area contributed by atoms with Crippen LogP contribution in [0, 0.1) is 6.92 Å². The molecule has 3 heterocycles. The van der Waals surface area contributed by atoms with Crippen molar-refractivity contribution < 1.29 is 26.7 Å². The summed E-state index contributed by atoms with van der Waals surface area (Å²) < 4.78 is 57.8. The quantitative estimate of drug-likeness (QED) is 0.756. The number of hydrogen-bond donors (Lipinski definition) is 0. The Morgan fingerprint density at radius 3 is 2.57 bits per heavy atom. The molecule has 0 saturated heterocycles. The molecule has 2 aromatic heterocycles. The Balaban J connectivity index is 1.81. The first kappa shape index (κ1) is 20.2. The predicted molar refractivity (Wildman–Crippen MR) is 93.3 cm³/mol. The summed E-state index contributed by atoms with van der Waals surface area (Å²) in [7, 11) is -4.09. The van der Waals surface area contributed by atoms with E-state index < -0.39 is 34.7 Å². The molecule has 2 aromatic rings. The maximum absolute atomic E-state index is 12.8. The number of carbonyl (C=O) groups is 1. The van der Waals surface area contributed by atoms with Gasteiger partial charge in [0.05, 0.1) is 30.7 Å². The second-order valence-electron chi connectivity index (χ2n) is 7.48. The Morgan fingerprint density at radius 1 is 1.32 bits per heavy atom. The molecule has 1 aliphatic heterocycles. The number of aromatic nitrogens is 4. The molecule has 154 valence electrons. The zero-order valence-corrected chi connectivity index (χ0v) is 16.7. The van der Waals surface area contributed by atoms with Gasteiger partial charge in [-0.1, -0.05) is 0 Å². The Kier molecular flexibility index (Phi) is 4.94. The van der Waals surface area contributed by atoms with Gasteiger partial charge < -0.3 is 4.74 Å². The lowest BCUT2D eigenvalue weighted by Gasteiger charge is -2.24. The topological polar surface area (TPSA) is 99.3 Å². The van der Waals surface area contributed by atoms with Crippen LogP contribution in [0.3, 0.4) is 0 Å². The first-order chi connectivity index (χ1) is 12.9. The van der Waals surface area contributed by atoms with Gasteiger partial charge >= 0.3 is 6.09 Å². The normalized spacial score (nSPS) is 14.6. The van der Waals surface area contributed by atoms with Crippen LogP contribution >= 0.6 is 0 Å².